The number of hydrogen-bond acceptors (Lipinski definition) is 1. The first-order valence-electron chi connectivity index (χ1n) is 6.85. The molecule has 0 heterocycles. The summed E-state index contributed by atoms with van der Waals surface area (Å²) in [5, 5.41) is 0. The van der Waals surface area contributed by atoms with Gasteiger partial charge in [0.05, 0.1) is 7.11 Å². The summed E-state index contributed by atoms with van der Waals surface area (Å²) in [4.78, 5) is 0. The van der Waals surface area contributed by atoms with Crippen LogP contribution in [-0.2, 0) is 0 Å². The highest BCUT2D eigenvalue weighted by Gasteiger charge is 1.93. The van der Waals surface area contributed by atoms with Gasteiger partial charge in [-0.25, -0.2) is 4.39 Å². The Morgan fingerprint density at radius 1 is 0.952 bits per heavy atom. The Balaban J connectivity index is 0.000000322. The van der Waals surface area contributed by atoms with Crippen molar-refractivity contribution in [3.63, 3.8) is 0 Å². The van der Waals surface area contributed by atoms with Crippen molar-refractivity contribution in [2.45, 2.75) is 27.7 Å². The van der Waals surface area contributed by atoms with Gasteiger partial charge in [0.15, 0.2) is 0 Å². The van der Waals surface area contributed by atoms with Crippen LogP contribution in [0.3, 0.4) is 0 Å². The summed E-state index contributed by atoms with van der Waals surface area (Å²) < 4.78 is 17.5. The highest BCUT2D eigenvalue weighted by molar-refractivity contribution is 5.26. The lowest BCUT2D eigenvalue weighted by molar-refractivity contribution is 0.414. The van der Waals surface area contributed by atoms with Gasteiger partial charge >= 0.3 is 0 Å². The molecule has 2 rings (SSSR count). The quantitative estimate of drug-likeness (QED) is 0.617. The van der Waals surface area contributed by atoms with E-state index in [1.807, 2.05) is 44.2 Å². The van der Waals surface area contributed by atoms with E-state index in [1.165, 1.54) is 11.6 Å². The van der Waals surface area contributed by atoms with Gasteiger partial charge in [-0.3, -0.25) is 0 Å². The number of rotatable bonds is 1. The van der Waals surface area contributed by atoms with Crippen molar-refractivity contribution >= 4 is 0 Å². The molecule has 0 aliphatic rings. The summed E-state index contributed by atoms with van der Waals surface area (Å²) in [5.74, 6) is 0.801. The molecule has 0 atom stereocenters. The molecule has 2 aromatic carbocycles. The molecule has 0 saturated heterocycles. The molecule has 0 saturated carbocycles. The van der Waals surface area contributed by atoms with Gasteiger partial charge in [-0.2, -0.15) is 0 Å². The van der Waals surface area contributed by atoms with Crippen LogP contribution >= 0.6 is 0 Å². The predicted molar refractivity (Wildman–Crippen MR) is 89.5 cm³/mol. The summed E-state index contributed by atoms with van der Waals surface area (Å²) >= 11 is 0. The fourth-order valence-electron chi connectivity index (χ4n) is 1.37. The van der Waals surface area contributed by atoms with Crippen molar-refractivity contribution in [2.24, 2.45) is 0 Å². The van der Waals surface area contributed by atoms with E-state index in [2.05, 4.69) is 13.5 Å². The first-order chi connectivity index (χ1) is 9.94. The van der Waals surface area contributed by atoms with Crippen LogP contribution in [0.25, 0.3) is 0 Å². The standard InChI is InChI=1S/C8H9F.C8H10O.C3H6/c1-6-3-4-7(2)8(9)5-6;1-7-3-5-8(9-2)6-4-7;1-3-2/h3-5H,1-2H3;3-6H,1-2H3;3H,1H2,2H3. The van der Waals surface area contributed by atoms with Crippen LogP contribution in [0.15, 0.2) is 55.1 Å². The summed E-state index contributed by atoms with van der Waals surface area (Å²) in [6.07, 6.45) is 1.75. The third-order valence-corrected chi connectivity index (χ3v) is 2.58. The molecule has 0 unspecified atom stereocenters. The number of allylic oxidation sites excluding steroid dienone is 1. The van der Waals surface area contributed by atoms with Crippen LogP contribution in [0.2, 0.25) is 0 Å². The van der Waals surface area contributed by atoms with Crippen molar-refractivity contribution in [3.05, 3.63) is 77.6 Å². The predicted octanol–water partition coefficient (Wildman–Crippen LogP) is 5.64. The van der Waals surface area contributed by atoms with Crippen LogP contribution in [0.4, 0.5) is 4.39 Å². The molecule has 0 spiro atoms. The Morgan fingerprint density at radius 2 is 1.43 bits per heavy atom. The number of hydrogen-bond donors (Lipinski definition) is 0. The average Bonchev–Trinajstić information content (AvgIpc) is 2.46. The molecule has 2 aromatic rings. The fraction of sp³-hybridized carbons (Fsp3) is 0.263. The first kappa shape index (κ1) is 18.9. The van der Waals surface area contributed by atoms with Gasteiger partial charge in [0.2, 0.25) is 0 Å². The zero-order chi connectivity index (χ0) is 16.3. The Morgan fingerprint density at radius 3 is 1.81 bits per heavy atom. The Bertz CT molecular complexity index is 530. The molecule has 21 heavy (non-hydrogen) atoms. The van der Waals surface area contributed by atoms with Crippen LogP contribution in [-0.4, -0.2) is 7.11 Å². The lowest BCUT2D eigenvalue weighted by Crippen LogP contribution is -1.81. The fourth-order valence-corrected chi connectivity index (χ4v) is 1.37. The van der Waals surface area contributed by atoms with E-state index in [4.69, 9.17) is 4.74 Å². The lowest BCUT2D eigenvalue weighted by atomic mass is 10.2. The van der Waals surface area contributed by atoms with E-state index in [-0.39, 0.29) is 5.82 Å². The van der Waals surface area contributed by atoms with Gasteiger partial charge in [0.1, 0.15) is 11.6 Å². The molecule has 0 aliphatic carbocycles. The van der Waals surface area contributed by atoms with Crippen molar-refractivity contribution in [1.82, 2.24) is 0 Å². The SMILES string of the molecule is C=CC.COc1ccc(C)cc1.Cc1ccc(C)c(F)c1. The molecular formula is C19H25FO. The van der Waals surface area contributed by atoms with Crippen molar-refractivity contribution in [3.8, 4) is 5.75 Å². The Kier molecular flexibility index (Phi) is 9.61. The van der Waals surface area contributed by atoms with Crippen molar-refractivity contribution in [1.29, 1.82) is 0 Å². The highest BCUT2D eigenvalue weighted by Crippen LogP contribution is 2.09. The number of methoxy groups -OCH3 is 1. The molecule has 114 valence electrons. The first-order valence-corrected chi connectivity index (χ1v) is 6.85. The maximum Gasteiger partial charge on any atom is 0.126 e. The minimum absolute atomic E-state index is 0.116. The monoisotopic (exact) mass is 288 g/mol. The molecule has 0 aromatic heterocycles. The minimum Gasteiger partial charge on any atom is -0.497 e. The second-order valence-corrected chi connectivity index (χ2v) is 4.68. The molecule has 2 heteroatoms. The van der Waals surface area contributed by atoms with E-state index in [1.54, 1.807) is 26.2 Å². The molecule has 0 amide bonds. The summed E-state index contributed by atoms with van der Waals surface area (Å²) in [5.41, 5.74) is 2.94. The highest BCUT2D eigenvalue weighted by atomic mass is 19.1. The number of aryl methyl sites for hydroxylation is 3. The van der Waals surface area contributed by atoms with E-state index in [9.17, 15) is 4.39 Å². The number of ether oxygens (including phenoxy) is 1. The third kappa shape index (κ3) is 8.64. The van der Waals surface area contributed by atoms with E-state index in [0.29, 0.717) is 5.56 Å². The van der Waals surface area contributed by atoms with Crippen molar-refractivity contribution < 1.29 is 9.13 Å². The van der Waals surface area contributed by atoms with Crippen LogP contribution < -0.4 is 4.74 Å². The van der Waals surface area contributed by atoms with Crippen LogP contribution in [0.1, 0.15) is 23.6 Å². The van der Waals surface area contributed by atoms with Crippen molar-refractivity contribution in [2.75, 3.05) is 7.11 Å². The average molecular weight is 288 g/mol. The molecule has 0 bridgehead atoms. The maximum atomic E-state index is 12.6. The molecule has 0 aliphatic heterocycles. The Hall–Kier alpha value is -2.09. The summed E-state index contributed by atoms with van der Waals surface area (Å²) in [6.45, 7) is 10.9. The van der Waals surface area contributed by atoms with Gasteiger partial charge in [0.25, 0.3) is 0 Å². The van der Waals surface area contributed by atoms with E-state index < -0.39 is 0 Å². The molecule has 0 fully saturated rings. The van der Waals surface area contributed by atoms with Gasteiger partial charge in [0, 0.05) is 0 Å². The lowest BCUT2D eigenvalue weighted by Gasteiger charge is -1.97. The summed E-state index contributed by atoms with van der Waals surface area (Å²) in [7, 11) is 1.67. The number of benzene rings is 2. The largest absolute Gasteiger partial charge is 0.497 e. The van der Waals surface area contributed by atoms with Gasteiger partial charge in [-0.05, 0) is 57.0 Å². The third-order valence-electron chi connectivity index (χ3n) is 2.58. The molecular weight excluding hydrogens is 263 g/mol. The van der Waals surface area contributed by atoms with E-state index in [0.717, 1.165) is 11.3 Å². The van der Waals surface area contributed by atoms with Crippen LogP contribution in [0, 0.1) is 26.6 Å². The molecule has 1 nitrogen and oxygen atoms in total. The van der Waals surface area contributed by atoms with Gasteiger partial charge < -0.3 is 4.74 Å². The molecule has 0 radical (unpaired) electrons. The van der Waals surface area contributed by atoms with Gasteiger partial charge in [-0.15, -0.1) is 6.58 Å². The zero-order valence-corrected chi connectivity index (χ0v) is 13.6. The molecule has 0 N–H and O–H groups in total. The number of halogens is 1. The zero-order valence-electron chi connectivity index (χ0n) is 13.6. The van der Waals surface area contributed by atoms with Gasteiger partial charge in [-0.1, -0.05) is 35.9 Å². The second kappa shape index (κ2) is 10.7. The minimum atomic E-state index is -0.116. The Labute approximate surface area is 128 Å². The summed E-state index contributed by atoms with van der Waals surface area (Å²) in [6, 6.07) is 13.2. The smallest absolute Gasteiger partial charge is 0.126 e. The maximum absolute atomic E-state index is 12.6. The van der Waals surface area contributed by atoms with Crippen LogP contribution in [0.5, 0.6) is 5.75 Å². The second-order valence-electron chi connectivity index (χ2n) is 4.68. The van der Waals surface area contributed by atoms with E-state index >= 15 is 0 Å². The normalized spacial score (nSPS) is 8.67. The topological polar surface area (TPSA) is 9.23 Å².